The van der Waals surface area contributed by atoms with Crippen molar-refractivity contribution in [2.45, 2.75) is 26.2 Å². The minimum absolute atomic E-state index is 0.229. The van der Waals surface area contributed by atoms with Gasteiger partial charge in [-0.05, 0) is 43.0 Å². The van der Waals surface area contributed by atoms with Gasteiger partial charge in [0.25, 0.3) is 0 Å². The number of hydrogen-bond acceptors (Lipinski definition) is 2. The fraction of sp³-hybridized carbons (Fsp3) is 0.385. The molecule has 2 nitrogen and oxygen atoms in total. The molecule has 0 spiro atoms. The molecule has 1 N–H and O–H groups in total. The quantitative estimate of drug-likeness (QED) is 0.843. The molecule has 0 unspecified atom stereocenters. The molecular weight excluding hydrogens is 266 g/mol. The molecule has 0 aliphatic heterocycles. The van der Waals surface area contributed by atoms with Crippen LogP contribution in [0.15, 0.2) is 22.7 Å². The number of ketones is 1. The largest absolute Gasteiger partial charge is 0.304 e. The molecule has 1 saturated carbocycles. The van der Waals surface area contributed by atoms with Gasteiger partial charge in [0.2, 0.25) is 0 Å². The fourth-order valence-corrected chi connectivity index (χ4v) is 2.26. The second kappa shape index (κ2) is 4.50. The molecule has 0 saturated heterocycles. The third kappa shape index (κ3) is 2.59. The summed E-state index contributed by atoms with van der Waals surface area (Å²) in [6.45, 7) is 1.97. The Labute approximate surface area is 104 Å². The summed E-state index contributed by atoms with van der Waals surface area (Å²) in [6.07, 6.45) is 2.32. The van der Waals surface area contributed by atoms with Crippen LogP contribution in [0.3, 0.4) is 0 Å². The number of halogens is 1. The highest BCUT2D eigenvalue weighted by atomic mass is 79.9. The zero-order valence-corrected chi connectivity index (χ0v) is 10.8. The number of benzene rings is 1. The Kier molecular flexibility index (Phi) is 3.24. The Balaban J connectivity index is 2.10. The van der Waals surface area contributed by atoms with Crippen LogP contribution in [0.25, 0.3) is 0 Å². The summed E-state index contributed by atoms with van der Waals surface area (Å²) in [6, 6.07) is 5.80. The topological polar surface area (TPSA) is 40.9 Å². The number of aryl methyl sites for hydroxylation is 1. The van der Waals surface area contributed by atoms with Crippen LogP contribution in [0, 0.1) is 18.3 Å². The molecule has 0 atom stereocenters. The smallest absolute Gasteiger partial charge is 0.141 e. The molecule has 1 aliphatic carbocycles. The second-order valence-corrected chi connectivity index (χ2v) is 5.27. The number of Topliss-reactive ketones (excluding diaryl/α,β-unsaturated/α-hetero) is 1. The Morgan fingerprint density at radius 1 is 1.50 bits per heavy atom. The second-order valence-electron chi connectivity index (χ2n) is 4.36. The van der Waals surface area contributed by atoms with Gasteiger partial charge in [-0.1, -0.05) is 22.0 Å². The number of carbonyl (C=O) groups is 1. The van der Waals surface area contributed by atoms with E-state index >= 15 is 0 Å². The van der Waals surface area contributed by atoms with Crippen molar-refractivity contribution in [2.75, 3.05) is 0 Å². The zero-order chi connectivity index (χ0) is 11.7. The summed E-state index contributed by atoms with van der Waals surface area (Å²) in [4.78, 5) is 11.6. The molecule has 0 heterocycles. The predicted octanol–water partition coefficient (Wildman–Crippen LogP) is 3.49. The van der Waals surface area contributed by atoms with Crippen molar-refractivity contribution in [3.8, 4) is 0 Å². The lowest BCUT2D eigenvalue weighted by molar-refractivity contribution is -0.119. The average Bonchev–Trinajstić information content (AvgIpc) is 2.99. The van der Waals surface area contributed by atoms with E-state index in [9.17, 15) is 4.79 Å². The van der Waals surface area contributed by atoms with Crippen molar-refractivity contribution in [1.29, 1.82) is 5.41 Å². The summed E-state index contributed by atoms with van der Waals surface area (Å²) >= 11 is 3.39. The molecule has 1 aromatic rings. The molecule has 2 rings (SSSR count). The van der Waals surface area contributed by atoms with Crippen molar-refractivity contribution in [2.24, 2.45) is 5.92 Å². The summed E-state index contributed by atoms with van der Waals surface area (Å²) in [5.41, 5.74) is 2.38. The minimum atomic E-state index is 0.229. The van der Waals surface area contributed by atoms with Gasteiger partial charge >= 0.3 is 0 Å². The Bertz CT molecular complexity index is 449. The van der Waals surface area contributed by atoms with Crippen molar-refractivity contribution < 1.29 is 4.79 Å². The van der Waals surface area contributed by atoms with E-state index in [1.54, 1.807) is 0 Å². The first kappa shape index (κ1) is 11.5. The van der Waals surface area contributed by atoms with E-state index in [-0.39, 0.29) is 18.1 Å². The Morgan fingerprint density at radius 3 is 2.75 bits per heavy atom. The number of carbonyl (C=O) groups excluding carboxylic acids is 1. The molecule has 1 aromatic carbocycles. The normalized spacial score (nSPS) is 14.9. The van der Waals surface area contributed by atoms with Crippen LogP contribution in [0.1, 0.15) is 30.4 Å². The molecule has 0 radical (unpaired) electrons. The molecule has 0 aromatic heterocycles. The van der Waals surface area contributed by atoms with Gasteiger partial charge in [-0.2, -0.15) is 0 Å². The molecular formula is C13H14BrNO. The lowest BCUT2D eigenvalue weighted by Crippen LogP contribution is -2.10. The highest BCUT2D eigenvalue weighted by Gasteiger charge is 2.30. The fourth-order valence-electron chi connectivity index (χ4n) is 1.78. The van der Waals surface area contributed by atoms with Gasteiger partial charge in [-0.15, -0.1) is 0 Å². The molecule has 0 bridgehead atoms. The SMILES string of the molecule is Cc1cc(Br)ccc1C(=N)CC(=O)C1CC1. The summed E-state index contributed by atoms with van der Waals surface area (Å²) < 4.78 is 1.01. The third-order valence-corrected chi connectivity index (χ3v) is 3.39. The van der Waals surface area contributed by atoms with Crippen LogP contribution in [-0.2, 0) is 4.79 Å². The molecule has 16 heavy (non-hydrogen) atoms. The van der Waals surface area contributed by atoms with Crippen LogP contribution < -0.4 is 0 Å². The first-order valence-electron chi connectivity index (χ1n) is 5.44. The molecule has 3 heteroatoms. The summed E-state index contributed by atoms with van der Waals surface area (Å²) in [5, 5.41) is 7.96. The maximum absolute atomic E-state index is 11.6. The number of rotatable bonds is 4. The monoisotopic (exact) mass is 279 g/mol. The molecule has 0 amide bonds. The lowest BCUT2D eigenvalue weighted by Gasteiger charge is -2.07. The zero-order valence-electron chi connectivity index (χ0n) is 9.22. The van der Waals surface area contributed by atoms with E-state index in [2.05, 4.69) is 15.9 Å². The lowest BCUT2D eigenvalue weighted by atomic mass is 9.99. The van der Waals surface area contributed by atoms with Gasteiger partial charge in [0.15, 0.2) is 0 Å². The third-order valence-electron chi connectivity index (χ3n) is 2.90. The van der Waals surface area contributed by atoms with Crippen LogP contribution in [-0.4, -0.2) is 11.5 Å². The van der Waals surface area contributed by atoms with E-state index in [1.165, 1.54) is 0 Å². The maximum atomic E-state index is 11.6. The van der Waals surface area contributed by atoms with Gasteiger partial charge in [0.05, 0.1) is 0 Å². The van der Waals surface area contributed by atoms with Crippen molar-refractivity contribution >= 4 is 27.4 Å². The van der Waals surface area contributed by atoms with Crippen molar-refractivity contribution in [3.63, 3.8) is 0 Å². The predicted molar refractivity (Wildman–Crippen MR) is 68.1 cm³/mol. The van der Waals surface area contributed by atoms with Gasteiger partial charge in [-0.25, -0.2) is 0 Å². The minimum Gasteiger partial charge on any atom is -0.304 e. The van der Waals surface area contributed by atoms with E-state index in [0.717, 1.165) is 28.4 Å². The van der Waals surface area contributed by atoms with Gasteiger partial charge in [0, 0.05) is 22.5 Å². The first-order valence-corrected chi connectivity index (χ1v) is 6.24. The summed E-state index contributed by atoms with van der Waals surface area (Å²) in [7, 11) is 0. The van der Waals surface area contributed by atoms with E-state index in [4.69, 9.17) is 5.41 Å². The van der Waals surface area contributed by atoms with Crippen LogP contribution >= 0.6 is 15.9 Å². The summed E-state index contributed by atoms with van der Waals surface area (Å²) in [5.74, 6) is 0.475. The van der Waals surface area contributed by atoms with Crippen LogP contribution in [0.4, 0.5) is 0 Å². The molecule has 1 aliphatic rings. The van der Waals surface area contributed by atoms with Crippen LogP contribution in [0.2, 0.25) is 0 Å². The van der Waals surface area contributed by atoms with E-state index < -0.39 is 0 Å². The molecule has 84 valence electrons. The molecule has 1 fully saturated rings. The maximum Gasteiger partial charge on any atom is 0.141 e. The van der Waals surface area contributed by atoms with Crippen LogP contribution in [0.5, 0.6) is 0 Å². The standard InChI is InChI=1S/C13H14BrNO/c1-8-6-10(14)4-5-11(8)12(15)7-13(16)9-2-3-9/h4-6,9,15H,2-3,7H2,1H3. The highest BCUT2D eigenvalue weighted by molar-refractivity contribution is 9.10. The van der Waals surface area contributed by atoms with Crippen molar-refractivity contribution in [1.82, 2.24) is 0 Å². The van der Waals surface area contributed by atoms with Gasteiger partial charge in [-0.3, -0.25) is 4.79 Å². The van der Waals surface area contributed by atoms with Gasteiger partial charge in [0.1, 0.15) is 5.78 Å². The van der Waals surface area contributed by atoms with E-state index in [1.807, 2.05) is 25.1 Å². The van der Waals surface area contributed by atoms with Gasteiger partial charge < -0.3 is 5.41 Å². The number of nitrogens with one attached hydrogen (secondary N) is 1. The Morgan fingerprint density at radius 2 is 2.19 bits per heavy atom. The Hall–Kier alpha value is -0.960. The number of hydrogen-bond donors (Lipinski definition) is 1. The average molecular weight is 280 g/mol. The highest BCUT2D eigenvalue weighted by Crippen LogP contribution is 2.31. The van der Waals surface area contributed by atoms with Crippen molar-refractivity contribution in [3.05, 3.63) is 33.8 Å². The first-order chi connectivity index (χ1) is 7.58. The van der Waals surface area contributed by atoms with E-state index in [0.29, 0.717) is 5.71 Å².